The van der Waals surface area contributed by atoms with E-state index in [4.69, 9.17) is 0 Å². The molecule has 1 saturated carbocycles. The Bertz CT molecular complexity index is 217. The first-order chi connectivity index (χ1) is 7.75. The lowest BCUT2D eigenvalue weighted by Gasteiger charge is -2.06. The van der Waals surface area contributed by atoms with Crippen molar-refractivity contribution in [1.29, 1.82) is 0 Å². The van der Waals surface area contributed by atoms with Crippen molar-refractivity contribution in [2.75, 3.05) is 0 Å². The summed E-state index contributed by atoms with van der Waals surface area (Å²) in [5.41, 5.74) is 0. The highest BCUT2D eigenvalue weighted by Crippen LogP contribution is 2.23. The summed E-state index contributed by atoms with van der Waals surface area (Å²) in [4.78, 5) is 22.7. The molecular formula is C14H24O2. The van der Waals surface area contributed by atoms with Crippen LogP contribution in [0, 0.1) is 5.92 Å². The van der Waals surface area contributed by atoms with Gasteiger partial charge in [-0.3, -0.25) is 9.59 Å². The van der Waals surface area contributed by atoms with E-state index in [1.54, 1.807) is 0 Å². The molecule has 0 amide bonds. The number of hydrogen-bond donors (Lipinski definition) is 0. The molecule has 0 aromatic heterocycles. The maximum absolute atomic E-state index is 11.4. The van der Waals surface area contributed by atoms with E-state index in [2.05, 4.69) is 6.92 Å². The van der Waals surface area contributed by atoms with Gasteiger partial charge in [0.05, 0.1) is 5.92 Å². The van der Waals surface area contributed by atoms with Crippen molar-refractivity contribution in [3.05, 3.63) is 0 Å². The number of carbonyl (C=O) groups excluding carboxylic acids is 2. The van der Waals surface area contributed by atoms with Crippen molar-refractivity contribution in [1.82, 2.24) is 0 Å². The molecule has 0 saturated heterocycles. The van der Waals surface area contributed by atoms with Crippen LogP contribution in [-0.4, -0.2) is 11.6 Å². The average Bonchev–Trinajstić information content (AvgIpc) is 2.59. The van der Waals surface area contributed by atoms with E-state index in [1.807, 2.05) is 0 Å². The molecule has 0 spiro atoms. The molecule has 1 rings (SSSR count). The van der Waals surface area contributed by atoms with Crippen LogP contribution in [0.25, 0.3) is 0 Å². The van der Waals surface area contributed by atoms with Gasteiger partial charge in [-0.05, 0) is 6.42 Å². The summed E-state index contributed by atoms with van der Waals surface area (Å²) in [5, 5.41) is 0. The number of Topliss-reactive ketones (excluding diaryl/α,β-unsaturated/α-hetero) is 2. The average molecular weight is 224 g/mol. The van der Waals surface area contributed by atoms with Crippen LogP contribution in [0.4, 0.5) is 0 Å². The van der Waals surface area contributed by atoms with Gasteiger partial charge in [-0.1, -0.05) is 51.9 Å². The quantitative estimate of drug-likeness (QED) is 0.465. The van der Waals surface area contributed by atoms with Crippen molar-refractivity contribution in [2.45, 2.75) is 71.1 Å². The van der Waals surface area contributed by atoms with Crippen molar-refractivity contribution in [3.8, 4) is 0 Å². The minimum atomic E-state index is -0.226. The summed E-state index contributed by atoms with van der Waals surface area (Å²) in [6.07, 6.45) is 10.6. The second-order valence-electron chi connectivity index (χ2n) is 4.90. The van der Waals surface area contributed by atoms with E-state index < -0.39 is 0 Å². The highest BCUT2D eigenvalue weighted by Gasteiger charge is 2.31. The van der Waals surface area contributed by atoms with Crippen LogP contribution in [0.3, 0.4) is 0 Å². The Balaban J connectivity index is 1.98. The molecule has 0 unspecified atom stereocenters. The van der Waals surface area contributed by atoms with Crippen LogP contribution in [0.1, 0.15) is 71.1 Å². The van der Waals surface area contributed by atoms with E-state index in [-0.39, 0.29) is 17.5 Å². The number of carbonyl (C=O) groups is 2. The first-order valence-electron chi connectivity index (χ1n) is 6.81. The molecule has 1 fully saturated rings. The van der Waals surface area contributed by atoms with Crippen molar-refractivity contribution in [3.63, 3.8) is 0 Å². The van der Waals surface area contributed by atoms with E-state index in [1.165, 1.54) is 38.5 Å². The molecule has 0 N–H and O–H groups in total. The topological polar surface area (TPSA) is 34.1 Å². The Labute approximate surface area is 98.8 Å². The lowest BCUT2D eigenvalue weighted by atomic mass is 9.97. The zero-order chi connectivity index (χ0) is 11.8. The number of unbranched alkanes of at least 4 members (excludes halogenated alkanes) is 6. The van der Waals surface area contributed by atoms with Gasteiger partial charge in [0, 0.05) is 12.8 Å². The first-order valence-corrected chi connectivity index (χ1v) is 6.81. The number of rotatable bonds is 8. The molecule has 2 heteroatoms. The molecule has 92 valence electrons. The van der Waals surface area contributed by atoms with Crippen LogP contribution in [0.2, 0.25) is 0 Å². The van der Waals surface area contributed by atoms with Gasteiger partial charge in [0.2, 0.25) is 0 Å². The van der Waals surface area contributed by atoms with Gasteiger partial charge in [0.15, 0.2) is 0 Å². The minimum Gasteiger partial charge on any atom is -0.299 e. The normalized spacial score (nSPS) is 17.3. The van der Waals surface area contributed by atoms with E-state index >= 15 is 0 Å². The molecule has 0 atom stereocenters. The fourth-order valence-electron chi connectivity index (χ4n) is 2.40. The summed E-state index contributed by atoms with van der Waals surface area (Å²) >= 11 is 0. The number of ketones is 2. The lowest BCUT2D eigenvalue weighted by Crippen LogP contribution is -2.13. The van der Waals surface area contributed by atoms with E-state index in [9.17, 15) is 9.59 Å². The Morgan fingerprint density at radius 1 is 0.875 bits per heavy atom. The summed E-state index contributed by atoms with van der Waals surface area (Å²) < 4.78 is 0. The zero-order valence-corrected chi connectivity index (χ0v) is 10.5. The third-order valence-corrected chi connectivity index (χ3v) is 3.49. The number of hydrogen-bond acceptors (Lipinski definition) is 2. The molecule has 2 nitrogen and oxygen atoms in total. The van der Waals surface area contributed by atoms with E-state index in [0.717, 1.165) is 12.8 Å². The lowest BCUT2D eigenvalue weighted by molar-refractivity contribution is -0.127. The third kappa shape index (κ3) is 4.46. The highest BCUT2D eigenvalue weighted by molar-refractivity contribution is 6.08. The zero-order valence-electron chi connectivity index (χ0n) is 10.5. The van der Waals surface area contributed by atoms with Crippen molar-refractivity contribution < 1.29 is 9.59 Å². The smallest absolute Gasteiger partial charge is 0.143 e. The van der Waals surface area contributed by atoms with Crippen LogP contribution in [0.15, 0.2) is 0 Å². The Morgan fingerprint density at radius 2 is 1.38 bits per heavy atom. The van der Waals surface area contributed by atoms with Gasteiger partial charge in [-0.25, -0.2) is 0 Å². The molecule has 1 aliphatic rings. The van der Waals surface area contributed by atoms with Crippen molar-refractivity contribution in [2.24, 2.45) is 5.92 Å². The van der Waals surface area contributed by atoms with Gasteiger partial charge in [0.25, 0.3) is 0 Å². The fraction of sp³-hybridized carbons (Fsp3) is 0.857. The first kappa shape index (κ1) is 13.4. The van der Waals surface area contributed by atoms with Gasteiger partial charge >= 0.3 is 0 Å². The SMILES string of the molecule is CCCCCCCCCC1C(=O)CCC1=O. The molecule has 0 aromatic rings. The second-order valence-corrected chi connectivity index (χ2v) is 4.90. The molecule has 16 heavy (non-hydrogen) atoms. The van der Waals surface area contributed by atoms with Gasteiger partial charge < -0.3 is 0 Å². The van der Waals surface area contributed by atoms with Gasteiger partial charge in [0.1, 0.15) is 11.6 Å². The van der Waals surface area contributed by atoms with Gasteiger partial charge in [-0.2, -0.15) is 0 Å². The maximum Gasteiger partial charge on any atom is 0.143 e. The van der Waals surface area contributed by atoms with Crippen LogP contribution in [0.5, 0.6) is 0 Å². The molecule has 1 aliphatic carbocycles. The highest BCUT2D eigenvalue weighted by atomic mass is 16.2. The van der Waals surface area contributed by atoms with Gasteiger partial charge in [-0.15, -0.1) is 0 Å². The maximum atomic E-state index is 11.4. The Hall–Kier alpha value is -0.660. The van der Waals surface area contributed by atoms with Crippen LogP contribution >= 0.6 is 0 Å². The summed E-state index contributed by atoms with van der Waals surface area (Å²) in [5.74, 6) is 0.155. The molecule has 0 radical (unpaired) electrons. The summed E-state index contributed by atoms with van der Waals surface area (Å²) in [6, 6.07) is 0. The Morgan fingerprint density at radius 3 is 1.94 bits per heavy atom. The molecule has 0 heterocycles. The molecule has 0 aliphatic heterocycles. The standard InChI is InChI=1S/C14H24O2/c1-2-3-4-5-6-7-8-9-12-13(15)10-11-14(12)16/h12H,2-11H2,1H3. The third-order valence-electron chi connectivity index (χ3n) is 3.49. The molecular weight excluding hydrogens is 200 g/mol. The largest absolute Gasteiger partial charge is 0.299 e. The summed E-state index contributed by atoms with van der Waals surface area (Å²) in [7, 11) is 0. The monoisotopic (exact) mass is 224 g/mol. The van der Waals surface area contributed by atoms with E-state index in [0.29, 0.717) is 12.8 Å². The Kier molecular flexibility index (Phi) is 6.36. The predicted molar refractivity (Wildman–Crippen MR) is 65.3 cm³/mol. The second kappa shape index (κ2) is 7.59. The molecule has 0 bridgehead atoms. The molecule has 0 aromatic carbocycles. The van der Waals surface area contributed by atoms with Crippen LogP contribution in [-0.2, 0) is 9.59 Å². The summed E-state index contributed by atoms with van der Waals surface area (Å²) in [6.45, 7) is 2.22. The van der Waals surface area contributed by atoms with Crippen molar-refractivity contribution >= 4 is 11.6 Å². The van der Waals surface area contributed by atoms with Crippen LogP contribution < -0.4 is 0 Å². The minimum absolute atomic E-state index is 0.191. The predicted octanol–water partition coefficient (Wildman–Crippen LogP) is 3.68. The fourth-order valence-corrected chi connectivity index (χ4v) is 2.40.